The van der Waals surface area contributed by atoms with Gasteiger partial charge in [-0.25, -0.2) is 4.39 Å². The lowest BCUT2D eigenvalue weighted by Crippen LogP contribution is -2.62. The van der Waals surface area contributed by atoms with Gasteiger partial charge in [-0.2, -0.15) is 0 Å². The number of likely N-dealkylation sites (tertiary alicyclic amines) is 1. The quantitative estimate of drug-likeness (QED) is 0.354. The van der Waals surface area contributed by atoms with Crippen LogP contribution in [0.2, 0.25) is 0 Å². The smallest absolute Gasteiger partial charge is 0.255 e. The highest BCUT2D eigenvalue weighted by Crippen LogP contribution is 2.41. The number of amides is 2. The van der Waals surface area contributed by atoms with Crippen LogP contribution in [0.1, 0.15) is 35.5 Å². The molecule has 4 heterocycles. The number of H-pyrrole nitrogens is 1. The number of carbonyl (C=O) groups excluding carboxylic acids is 2. The van der Waals surface area contributed by atoms with E-state index in [4.69, 9.17) is 4.74 Å². The van der Waals surface area contributed by atoms with Gasteiger partial charge in [0.05, 0.1) is 35.3 Å². The standard InChI is InChI=1S/C29H28FN5O3/c1-5-23(36)35-16-29(2,3)22(35)10-9-17-15-31-13-11-18(17)25-26(24-20(33-25)12-14-32-28(24)37)34-21-8-6-7-19(30)27(21)38-4/h5-8,11,13,15,22,33-34H,1,12,14,16H2,2-4H3,(H,32,37)/t22-/m1/s1. The Kier molecular flexibility index (Phi) is 6.41. The summed E-state index contributed by atoms with van der Waals surface area (Å²) in [5.41, 5.74) is 3.88. The molecule has 0 spiro atoms. The maximum Gasteiger partial charge on any atom is 0.255 e. The number of aromatic nitrogens is 2. The molecule has 2 aliphatic rings. The summed E-state index contributed by atoms with van der Waals surface area (Å²) in [7, 11) is 1.39. The van der Waals surface area contributed by atoms with Crippen molar-refractivity contribution in [2.75, 3.05) is 25.5 Å². The zero-order chi connectivity index (χ0) is 27.0. The first-order valence-corrected chi connectivity index (χ1v) is 12.3. The number of para-hydroxylation sites is 1. The summed E-state index contributed by atoms with van der Waals surface area (Å²) in [6.07, 6.45) is 5.21. The summed E-state index contributed by atoms with van der Waals surface area (Å²) in [4.78, 5) is 34.6. The van der Waals surface area contributed by atoms with Crippen molar-refractivity contribution in [2.45, 2.75) is 26.3 Å². The summed E-state index contributed by atoms with van der Waals surface area (Å²) in [6.45, 7) is 8.82. The molecule has 5 rings (SSSR count). The fourth-order valence-corrected chi connectivity index (χ4v) is 5.04. The van der Waals surface area contributed by atoms with Crippen LogP contribution in [-0.4, -0.2) is 52.9 Å². The lowest BCUT2D eigenvalue weighted by Gasteiger charge is -2.51. The highest BCUT2D eigenvalue weighted by molar-refractivity contribution is 6.06. The Morgan fingerprint density at radius 1 is 1.37 bits per heavy atom. The van der Waals surface area contributed by atoms with Gasteiger partial charge in [0.15, 0.2) is 11.6 Å². The van der Waals surface area contributed by atoms with E-state index in [1.807, 2.05) is 6.07 Å². The summed E-state index contributed by atoms with van der Waals surface area (Å²) in [6, 6.07) is 6.09. The van der Waals surface area contributed by atoms with E-state index < -0.39 is 5.82 Å². The van der Waals surface area contributed by atoms with Crippen LogP contribution in [0.3, 0.4) is 0 Å². The molecule has 2 aliphatic heterocycles. The van der Waals surface area contributed by atoms with Crippen LogP contribution in [0.25, 0.3) is 11.3 Å². The van der Waals surface area contributed by atoms with Crippen molar-refractivity contribution in [2.24, 2.45) is 5.41 Å². The number of carbonyl (C=O) groups is 2. The SMILES string of the molecule is C=CC(=O)N1CC(C)(C)[C@H]1C#Cc1cnccc1-c1[nH]c2c(c1Nc1cccc(F)c1OC)C(=O)NCC2. The first-order valence-electron chi connectivity index (χ1n) is 12.3. The third kappa shape index (κ3) is 4.28. The molecule has 194 valence electrons. The van der Waals surface area contributed by atoms with E-state index in [2.05, 4.69) is 52.9 Å². The number of ether oxygens (including phenoxy) is 1. The molecule has 1 aromatic carbocycles. The van der Waals surface area contributed by atoms with Gasteiger partial charge in [0.1, 0.15) is 6.04 Å². The first kappa shape index (κ1) is 25.1. The number of aromatic amines is 1. The minimum atomic E-state index is -0.523. The molecule has 0 radical (unpaired) electrons. The second kappa shape index (κ2) is 9.71. The molecule has 2 amide bonds. The van der Waals surface area contributed by atoms with Gasteiger partial charge in [0.2, 0.25) is 5.91 Å². The van der Waals surface area contributed by atoms with Gasteiger partial charge in [0, 0.05) is 48.6 Å². The Morgan fingerprint density at radius 2 is 2.18 bits per heavy atom. The van der Waals surface area contributed by atoms with Crippen molar-refractivity contribution in [3.05, 3.63) is 72.0 Å². The molecular formula is C29H28FN5O3. The molecule has 1 atom stereocenters. The van der Waals surface area contributed by atoms with Gasteiger partial charge in [-0.05, 0) is 24.3 Å². The summed E-state index contributed by atoms with van der Waals surface area (Å²) >= 11 is 0. The van der Waals surface area contributed by atoms with E-state index in [9.17, 15) is 14.0 Å². The van der Waals surface area contributed by atoms with Crippen molar-refractivity contribution in [1.29, 1.82) is 0 Å². The Balaban J connectivity index is 1.62. The van der Waals surface area contributed by atoms with Crippen LogP contribution >= 0.6 is 0 Å². The zero-order valence-electron chi connectivity index (χ0n) is 21.4. The number of hydrogen-bond donors (Lipinski definition) is 3. The van der Waals surface area contributed by atoms with Crippen LogP contribution in [0.5, 0.6) is 5.75 Å². The van der Waals surface area contributed by atoms with Gasteiger partial charge in [0.25, 0.3) is 5.91 Å². The fraction of sp³-hybridized carbons (Fsp3) is 0.276. The van der Waals surface area contributed by atoms with Crippen LogP contribution in [-0.2, 0) is 11.2 Å². The lowest BCUT2D eigenvalue weighted by atomic mass is 9.75. The zero-order valence-corrected chi connectivity index (χ0v) is 21.4. The van der Waals surface area contributed by atoms with Crippen LogP contribution < -0.4 is 15.4 Å². The summed E-state index contributed by atoms with van der Waals surface area (Å²) in [5, 5.41) is 6.12. The normalized spacial score (nSPS) is 17.3. The number of rotatable bonds is 5. The van der Waals surface area contributed by atoms with E-state index in [-0.39, 0.29) is 29.0 Å². The third-order valence-electron chi connectivity index (χ3n) is 6.92. The van der Waals surface area contributed by atoms with Crippen LogP contribution in [0.15, 0.2) is 49.3 Å². The molecule has 2 aromatic heterocycles. The molecule has 0 bridgehead atoms. The highest BCUT2D eigenvalue weighted by Gasteiger charge is 2.46. The van der Waals surface area contributed by atoms with E-state index in [0.29, 0.717) is 53.3 Å². The lowest BCUT2D eigenvalue weighted by molar-refractivity contribution is -0.140. The predicted molar refractivity (Wildman–Crippen MR) is 143 cm³/mol. The Bertz CT molecular complexity index is 1510. The molecule has 0 unspecified atom stereocenters. The number of nitrogens with zero attached hydrogens (tertiary/aromatic N) is 2. The number of benzene rings is 1. The second-order valence-corrected chi connectivity index (χ2v) is 9.93. The van der Waals surface area contributed by atoms with Gasteiger partial charge in [-0.15, -0.1) is 0 Å². The summed E-state index contributed by atoms with van der Waals surface area (Å²) < 4.78 is 19.7. The average Bonchev–Trinajstić information content (AvgIpc) is 3.26. The van der Waals surface area contributed by atoms with Gasteiger partial charge in [-0.1, -0.05) is 38.3 Å². The number of hydrogen-bond acceptors (Lipinski definition) is 5. The molecule has 38 heavy (non-hydrogen) atoms. The van der Waals surface area contributed by atoms with Gasteiger partial charge in [-0.3, -0.25) is 14.6 Å². The number of fused-ring (bicyclic) bond motifs is 1. The Labute approximate surface area is 220 Å². The molecular weight excluding hydrogens is 485 g/mol. The molecule has 0 saturated carbocycles. The molecule has 1 saturated heterocycles. The van der Waals surface area contributed by atoms with Gasteiger partial charge >= 0.3 is 0 Å². The van der Waals surface area contributed by atoms with Crippen molar-refractivity contribution in [3.63, 3.8) is 0 Å². The topological polar surface area (TPSA) is 99.3 Å². The van der Waals surface area contributed by atoms with E-state index in [0.717, 1.165) is 5.69 Å². The first-order chi connectivity index (χ1) is 18.2. The average molecular weight is 514 g/mol. The fourth-order valence-electron chi connectivity index (χ4n) is 5.04. The maximum atomic E-state index is 14.5. The minimum absolute atomic E-state index is 0.0403. The highest BCUT2D eigenvalue weighted by atomic mass is 19.1. The number of halogens is 1. The number of methoxy groups -OCH3 is 1. The monoisotopic (exact) mass is 513 g/mol. The van der Waals surface area contributed by atoms with Crippen molar-refractivity contribution in [3.8, 4) is 28.8 Å². The van der Waals surface area contributed by atoms with Crippen LogP contribution in [0.4, 0.5) is 15.8 Å². The van der Waals surface area contributed by atoms with Crippen molar-refractivity contribution in [1.82, 2.24) is 20.2 Å². The largest absolute Gasteiger partial charge is 0.492 e. The van der Waals surface area contributed by atoms with Crippen molar-refractivity contribution < 1.29 is 18.7 Å². The molecule has 3 N–H and O–H groups in total. The molecule has 0 aliphatic carbocycles. The van der Waals surface area contributed by atoms with E-state index in [1.165, 1.54) is 19.3 Å². The molecule has 9 heteroatoms. The number of pyridine rings is 1. The summed E-state index contributed by atoms with van der Waals surface area (Å²) in [5.74, 6) is 5.59. The Morgan fingerprint density at radius 3 is 2.92 bits per heavy atom. The van der Waals surface area contributed by atoms with Gasteiger partial charge < -0.3 is 25.3 Å². The number of anilines is 2. The molecule has 8 nitrogen and oxygen atoms in total. The second-order valence-electron chi connectivity index (χ2n) is 9.93. The molecule has 3 aromatic rings. The third-order valence-corrected chi connectivity index (χ3v) is 6.92. The predicted octanol–water partition coefficient (Wildman–Crippen LogP) is 4.03. The Hall–Kier alpha value is -4.58. The van der Waals surface area contributed by atoms with E-state index in [1.54, 1.807) is 29.4 Å². The van der Waals surface area contributed by atoms with Crippen LogP contribution in [0, 0.1) is 23.1 Å². The minimum Gasteiger partial charge on any atom is -0.492 e. The van der Waals surface area contributed by atoms with E-state index >= 15 is 0 Å². The molecule has 1 fully saturated rings. The number of nitrogens with one attached hydrogen (secondary N) is 3. The van der Waals surface area contributed by atoms with Crippen molar-refractivity contribution >= 4 is 23.2 Å². The maximum absolute atomic E-state index is 14.5.